The highest BCUT2D eigenvalue weighted by atomic mass is 16.5. The number of aryl methyl sites for hydroxylation is 1. The van der Waals surface area contributed by atoms with Gasteiger partial charge in [-0.25, -0.2) is 4.98 Å². The van der Waals surface area contributed by atoms with Crippen molar-refractivity contribution in [2.75, 3.05) is 19.7 Å². The third kappa shape index (κ3) is 3.98. The second kappa shape index (κ2) is 8.29. The number of likely N-dealkylation sites (tertiary alicyclic amines) is 1. The lowest BCUT2D eigenvalue weighted by molar-refractivity contribution is 0.0825. The molecule has 0 unspecified atom stereocenters. The predicted octanol–water partition coefficient (Wildman–Crippen LogP) is 2.38. The zero-order valence-corrected chi connectivity index (χ0v) is 15.6. The summed E-state index contributed by atoms with van der Waals surface area (Å²) < 4.78 is 8.23. The van der Waals surface area contributed by atoms with E-state index in [0.717, 1.165) is 45.0 Å². The number of ether oxygens (including phenoxy) is 1. The number of imidazole rings is 1. The molecule has 4 heterocycles. The highest BCUT2D eigenvalue weighted by Crippen LogP contribution is 2.29. The third-order valence-corrected chi connectivity index (χ3v) is 5.63. The number of nitrogens with one attached hydrogen (secondary N) is 1. The SMILES string of the molecule is CCn1ccnc1[C@H]1OCC[C@@H]1NC1CCN(Cc2ccncc2)CC1. The molecule has 2 saturated heterocycles. The molecular formula is C20H29N5O. The van der Waals surface area contributed by atoms with E-state index >= 15 is 0 Å². The molecule has 2 aromatic heterocycles. The molecule has 2 aliphatic rings. The highest BCUT2D eigenvalue weighted by Gasteiger charge is 2.34. The molecular weight excluding hydrogens is 326 g/mol. The lowest BCUT2D eigenvalue weighted by Gasteiger charge is -2.34. The quantitative estimate of drug-likeness (QED) is 0.862. The maximum absolute atomic E-state index is 6.03. The Balaban J connectivity index is 1.30. The summed E-state index contributed by atoms with van der Waals surface area (Å²) in [5, 5.41) is 3.88. The van der Waals surface area contributed by atoms with Crippen LogP contribution in [-0.4, -0.2) is 51.2 Å². The van der Waals surface area contributed by atoms with Crippen molar-refractivity contribution in [2.24, 2.45) is 0 Å². The highest BCUT2D eigenvalue weighted by molar-refractivity contribution is 5.09. The summed E-state index contributed by atoms with van der Waals surface area (Å²) in [6, 6.07) is 5.17. The first-order valence-corrected chi connectivity index (χ1v) is 9.83. The zero-order valence-electron chi connectivity index (χ0n) is 15.6. The molecule has 6 heteroatoms. The molecule has 0 spiro atoms. The standard InChI is InChI=1S/C20H29N5O/c1-2-25-13-10-22-20(25)19-18(7-14-26-19)23-17-5-11-24(12-6-17)15-16-3-8-21-9-4-16/h3-4,8-10,13,17-19,23H,2,5-7,11-12,14-15H2,1H3/t18-,19-/m0/s1. The largest absolute Gasteiger partial charge is 0.369 e. The van der Waals surface area contributed by atoms with Gasteiger partial charge in [-0.3, -0.25) is 9.88 Å². The van der Waals surface area contributed by atoms with E-state index in [2.05, 4.69) is 43.8 Å². The summed E-state index contributed by atoms with van der Waals surface area (Å²) in [7, 11) is 0. The van der Waals surface area contributed by atoms with Crippen LogP contribution in [-0.2, 0) is 17.8 Å². The molecule has 2 fully saturated rings. The molecule has 0 radical (unpaired) electrons. The van der Waals surface area contributed by atoms with Gasteiger partial charge in [0.15, 0.2) is 0 Å². The van der Waals surface area contributed by atoms with Gasteiger partial charge in [0.1, 0.15) is 11.9 Å². The maximum atomic E-state index is 6.03. The molecule has 2 aliphatic heterocycles. The topological polar surface area (TPSA) is 55.2 Å². The van der Waals surface area contributed by atoms with E-state index in [-0.39, 0.29) is 6.10 Å². The lowest BCUT2D eigenvalue weighted by atomic mass is 10.0. The van der Waals surface area contributed by atoms with Gasteiger partial charge in [0.25, 0.3) is 0 Å². The van der Waals surface area contributed by atoms with Gasteiger partial charge in [-0.15, -0.1) is 0 Å². The van der Waals surface area contributed by atoms with E-state index in [1.54, 1.807) is 0 Å². The average molecular weight is 355 g/mol. The fraction of sp³-hybridized carbons (Fsp3) is 0.600. The molecule has 0 amide bonds. The van der Waals surface area contributed by atoms with Gasteiger partial charge in [0.05, 0.1) is 0 Å². The van der Waals surface area contributed by atoms with Gasteiger partial charge >= 0.3 is 0 Å². The molecule has 0 aromatic carbocycles. The number of hydrogen-bond acceptors (Lipinski definition) is 5. The van der Waals surface area contributed by atoms with Gasteiger partial charge in [-0.1, -0.05) is 0 Å². The van der Waals surface area contributed by atoms with Crippen LogP contribution in [0.25, 0.3) is 0 Å². The van der Waals surface area contributed by atoms with E-state index in [1.807, 2.05) is 24.8 Å². The Kier molecular flexibility index (Phi) is 5.62. The molecule has 140 valence electrons. The number of nitrogens with zero attached hydrogens (tertiary/aromatic N) is 4. The van der Waals surface area contributed by atoms with Gasteiger partial charge in [-0.05, 0) is 57.0 Å². The average Bonchev–Trinajstić information content (AvgIpc) is 3.32. The Labute approximate surface area is 155 Å². The van der Waals surface area contributed by atoms with Crippen LogP contribution >= 0.6 is 0 Å². The zero-order chi connectivity index (χ0) is 17.8. The maximum Gasteiger partial charge on any atom is 0.139 e. The van der Waals surface area contributed by atoms with Gasteiger partial charge in [0, 0.05) is 56.6 Å². The van der Waals surface area contributed by atoms with Crippen molar-refractivity contribution in [3.63, 3.8) is 0 Å². The van der Waals surface area contributed by atoms with E-state index in [4.69, 9.17) is 4.74 Å². The summed E-state index contributed by atoms with van der Waals surface area (Å²) in [5.74, 6) is 1.07. The number of aromatic nitrogens is 3. The van der Waals surface area contributed by atoms with E-state index in [0.29, 0.717) is 12.1 Å². The normalized spacial score (nSPS) is 25.0. The van der Waals surface area contributed by atoms with Gasteiger partial charge in [-0.2, -0.15) is 0 Å². The number of hydrogen-bond donors (Lipinski definition) is 1. The fourth-order valence-corrected chi connectivity index (χ4v) is 4.17. The van der Waals surface area contributed by atoms with Crippen molar-refractivity contribution < 1.29 is 4.74 Å². The van der Waals surface area contributed by atoms with Crippen LogP contribution in [0.15, 0.2) is 36.9 Å². The molecule has 6 nitrogen and oxygen atoms in total. The molecule has 0 saturated carbocycles. The minimum atomic E-state index is 0.0831. The number of rotatable bonds is 6. The number of pyridine rings is 1. The van der Waals surface area contributed by atoms with E-state index in [1.165, 1.54) is 18.4 Å². The van der Waals surface area contributed by atoms with Crippen LogP contribution in [0.1, 0.15) is 43.7 Å². The minimum absolute atomic E-state index is 0.0831. The molecule has 1 N–H and O–H groups in total. The molecule has 4 rings (SSSR count). The van der Waals surface area contributed by atoms with Crippen molar-refractivity contribution in [2.45, 2.75) is 57.5 Å². The summed E-state index contributed by atoms with van der Waals surface area (Å²) in [4.78, 5) is 11.2. The van der Waals surface area contributed by atoms with Crippen molar-refractivity contribution in [1.82, 2.24) is 24.8 Å². The molecule has 2 atom stereocenters. The molecule has 26 heavy (non-hydrogen) atoms. The van der Waals surface area contributed by atoms with Crippen LogP contribution in [0.2, 0.25) is 0 Å². The van der Waals surface area contributed by atoms with Crippen LogP contribution in [0.4, 0.5) is 0 Å². The summed E-state index contributed by atoms with van der Waals surface area (Å²) in [6.07, 6.45) is 11.2. The minimum Gasteiger partial charge on any atom is -0.369 e. The summed E-state index contributed by atoms with van der Waals surface area (Å²) >= 11 is 0. The molecule has 2 aromatic rings. The molecule has 0 bridgehead atoms. The van der Waals surface area contributed by atoms with Crippen LogP contribution < -0.4 is 5.32 Å². The Morgan fingerprint density at radius 1 is 1.15 bits per heavy atom. The van der Waals surface area contributed by atoms with E-state index in [9.17, 15) is 0 Å². The van der Waals surface area contributed by atoms with Gasteiger partial charge in [0.2, 0.25) is 0 Å². The fourth-order valence-electron chi connectivity index (χ4n) is 4.17. The van der Waals surface area contributed by atoms with Crippen molar-refractivity contribution in [1.29, 1.82) is 0 Å². The first-order valence-electron chi connectivity index (χ1n) is 9.83. The van der Waals surface area contributed by atoms with Crippen molar-refractivity contribution in [3.8, 4) is 0 Å². The second-order valence-electron chi connectivity index (χ2n) is 7.33. The Morgan fingerprint density at radius 2 is 1.96 bits per heavy atom. The van der Waals surface area contributed by atoms with E-state index < -0.39 is 0 Å². The van der Waals surface area contributed by atoms with Gasteiger partial charge < -0.3 is 14.6 Å². The smallest absolute Gasteiger partial charge is 0.139 e. The third-order valence-electron chi connectivity index (χ3n) is 5.63. The molecule has 0 aliphatic carbocycles. The Bertz CT molecular complexity index is 681. The lowest BCUT2D eigenvalue weighted by Crippen LogP contribution is -2.47. The summed E-state index contributed by atoms with van der Waals surface area (Å²) in [5.41, 5.74) is 1.35. The Hall–Kier alpha value is -1.76. The summed E-state index contributed by atoms with van der Waals surface area (Å²) in [6.45, 7) is 7.22. The van der Waals surface area contributed by atoms with Crippen LogP contribution in [0, 0.1) is 0 Å². The van der Waals surface area contributed by atoms with Crippen molar-refractivity contribution >= 4 is 0 Å². The number of piperidine rings is 1. The predicted molar refractivity (Wildman–Crippen MR) is 101 cm³/mol. The first kappa shape index (κ1) is 17.6. The first-order chi connectivity index (χ1) is 12.8. The van der Waals surface area contributed by atoms with Crippen LogP contribution in [0.3, 0.4) is 0 Å². The van der Waals surface area contributed by atoms with Crippen molar-refractivity contribution in [3.05, 3.63) is 48.3 Å². The second-order valence-corrected chi connectivity index (χ2v) is 7.33. The Morgan fingerprint density at radius 3 is 2.73 bits per heavy atom. The van der Waals surface area contributed by atoms with Crippen LogP contribution in [0.5, 0.6) is 0 Å². The monoisotopic (exact) mass is 355 g/mol.